The molecule has 0 radical (unpaired) electrons. The predicted octanol–water partition coefficient (Wildman–Crippen LogP) is 4.44. The van der Waals surface area contributed by atoms with Crippen LogP contribution in [0, 0.1) is 12.3 Å². The number of nitrogens with one attached hydrogen (secondary N) is 2. The fourth-order valence-corrected chi connectivity index (χ4v) is 3.75. The monoisotopic (exact) mass is 522 g/mol. The lowest BCUT2D eigenvalue weighted by Crippen LogP contribution is -2.65. The average Bonchev–Trinajstić information content (AvgIpc) is 2.86. The number of hydrogen-bond donors (Lipinski definition) is 2. The van der Waals surface area contributed by atoms with Gasteiger partial charge in [-0.25, -0.2) is 14.4 Å². The largest absolute Gasteiger partial charge is 0.464 e. The zero-order valence-corrected chi connectivity index (χ0v) is 22.3. The Balaban J connectivity index is 2.58. The van der Waals surface area contributed by atoms with E-state index in [1.54, 1.807) is 89.2 Å². The lowest BCUT2D eigenvalue weighted by atomic mass is 9.76. The Labute approximate surface area is 223 Å². The number of carbonyl (C=O) groups is 4. The lowest BCUT2D eigenvalue weighted by Gasteiger charge is -2.36. The molecule has 1 unspecified atom stereocenters. The zero-order chi connectivity index (χ0) is 28.3. The zero-order valence-electron chi connectivity index (χ0n) is 22.3. The second-order valence-electron chi connectivity index (χ2n) is 9.28. The third kappa shape index (κ3) is 7.59. The van der Waals surface area contributed by atoms with Gasteiger partial charge in [0.05, 0.1) is 13.2 Å². The van der Waals surface area contributed by atoms with Crippen molar-refractivity contribution in [2.24, 2.45) is 0 Å². The van der Waals surface area contributed by atoms with Crippen molar-refractivity contribution in [1.29, 1.82) is 0 Å². The molecular weight excluding hydrogens is 488 g/mol. The number of benzene rings is 2. The van der Waals surface area contributed by atoms with Gasteiger partial charge in [-0.3, -0.25) is 10.1 Å². The maximum Gasteiger partial charge on any atom is 0.412 e. The number of carbonyl (C=O) groups excluding carboxylic acids is 4. The minimum atomic E-state index is -2.29. The number of amides is 2. The molecule has 2 aromatic rings. The third-order valence-electron chi connectivity index (χ3n) is 5.34. The molecule has 0 heterocycles. The number of ether oxygens (including phenoxy) is 3. The molecule has 202 valence electrons. The molecule has 0 fully saturated rings. The maximum absolute atomic E-state index is 13.5. The summed E-state index contributed by atoms with van der Waals surface area (Å²) in [5.41, 5.74) is -1.90. The SMILES string of the molecule is C#CCC(c1ccc(NC(=O)OC(C)(C)C)cc1)C(NC(=O)c1ccccc1)(C(=O)OCC)C(=O)OCC. The minimum Gasteiger partial charge on any atom is -0.464 e. The summed E-state index contributed by atoms with van der Waals surface area (Å²) in [5.74, 6) is -1.25. The van der Waals surface area contributed by atoms with Crippen molar-refractivity contribution in [2.45, 2.75) is 58.1 Å². The lowest BCUT2D eigenvalue weighted by molar-refractivity contribution is -0.167. The molecule has 2 amide bonds. The van der Waals surface area contributed by atoms with Crippen LogP contribution in [0.3, 0.4) is 0 Å². The Morgan fingerprint density at radius 1 is 0.895 bits per heavy atom. The molecule has 0 aliphatic carbocycles. The van der Waals surface area contributed by atoms with E-state index in [2.05, 4.69) is 16.6 Å². The van der Waals surface area contributed by atoms with Gasteiger partial charge in [0.2, 0.25) is 5.54 Å². The molecule has 0 aliphatic heterocycles. The summed E-state index contributed by atoms with van der Waals surface area (Å²) in [4.78, 5) is 52.4. The van der Waals surface area contributed by atoms with Crippen LogP contribution in [0.1, 0.15) is 62.9 Å². The Hall–Kier alpha value is -4.32. The molecule has 2 N–H and O–H groups in total. The summed E-state index contributed by atoms with van der Waals surface area (Å²) >= 11 is 0. The highest BCUT2D eigenvalue weighted by Crippen LogP contribution is 2.35. The Morgan fingerprint density at radius 2 is 1.45 bits per heavy atom. The topological polar surface area (TPSA) is 120 Å². The highest BCUT2D eigenvalue weighted by Gasteiger charge is 2.56. The number of anilines is 1. The van der Waals surface area contributed by atoms with Gasteiger partial charge in [0, 0.05) is 23.6 Å². The molecule has 1 atom stereocenters. The van der Waals surface area contributed by atoms with Gasteiger partial charge in [-0.05, 0) is 64.4 Å². The van der Waals surface area contributed by atoms with Gasteiger partial charge < -0.3 is 19.5 Å². The molecule has 0 bridgehead atoms. The summed E-state index contributed by atoms with van der Waals surface area (Å²) in [6.45, 7) is 8.29. The molecular formula is C29H34N2O7. The second kappa shape index (κ2) is 13.3. The van der Waals surface area contributed by atoms with Crippen LogP contribution in [0.15, 0.2) is 54.6 Å². The summed E-state index contributed by atoms with van der Waals surface area (Å²) < 4.78 is 15.8. The number of rotatable bonds is 10. The van der Waals surface area contributed by atoms with E-state index in [0.29, 0.717) is 11.3 Å². The van der Waals surface area contributed by atoms with Crippen molar-refractivity contribution in [3.05, 3.63) is 65.7 Å². The number of hydrogen-bond acceptors (Lipinski definition) is 7. The van der Waals surface area contributed by atoms with E-state index < -0.39 is 41.0 Å². The Kier molecular flexibility index (Phi) is 10.5. The first kappa shape index (κ1) is 29.9. The third-order valence-corrected chi connectivity index (χ3v) is 5.34. The van der Waals surface area contributed by atoms with Crippen molar-refractivity contribution in [3.8, 4) is 12.3 Å². The minimum absolute atomic E-state index is 0.0529. The van der Waals surface area contributed by atoms with Gasteiger partial charge >= 0.3 is 18.0 Å². The van der Waals surface area contributed by atoms with Gasteiger partial charge in [-0.15, -0.1) is 12.3 Å². The van der Waals surface area contributed by atoms with Crippen LogP contribution < -0.4 is 10.6 Å². The van der Waals surface area contributed by atoms with Gasteiger partial charge in [0.15, 0.2) is 0 Å². The quantitative estimate of drug-likeness (QED) is 0.205. The van der Waals surface area contributed by atoms with E-state index in [1.165, 1.54) is 0 Å². The van der Waals surface area contributed by atoms with Crippen LogP contribution in [0.2, 0.25) is 0 Å². The van der Waals surface area contributed by atoms with Crippen LogP contribution in [0.5, 0.6) is 0 Å². The van der Waals surface area contributed by atoms with Gasteiger partial charge in [0.1, 0.15) is 5.60 Å². The van der Waals surface area contributed by atoms with Crippen LogP contribution in [0.25, 0.3) is 0 Å². The molecule has 38 heavy (non-hydrogen) atoms. The summed E-state index contributed by atoms with van der Waals surface area (Å²) in [6, 6.07) is 14.5. The van der Waals surface area contributed by atoms with Crippen molar-refractivity contribution >= 4 is 29.6 Å². The number of esters is 2. The van der Waals surface area contributed by atoms with Gasteiger partial charge in [-0.1, -0.05) is 30.3 Å². The number of terminal acetylenes is 1. The molecule has 0 saturated heterocycles. The van der Waals surface area contributed by atoms with Crippen LogP contribution in [-0.2, 0) is 23.8 Å². The van der Waals surface area contributed by atoms with Gasteiger partial charge in [-0.2, -0.15) is 0 Å². The summed E-state index contributed by atoms with van der Waals surface area (Å²) in [5, 5.41) is 5.22. The molecule has 0 aromatic heterocycles. The van der Waals surface area contributed by atoms with Crippen LogP contribution in [-0.4, -0.2) is 48.3 Å². The second-order valence-corrected chi connectivity index (χ2v) is 9.28. The van der Waals surface area contributed by atoms with E-state index >= 15 is 0 Å². The highest BCUT2D eigenvalue weighted by molar-refractivity contribution is 6.11. The average molecular weight is 523 g/mol. The van der Waals surface area contributed by atoms with Crippen molar-refractivity contribution in [2.75, 3.05) is 18.5 Å². The smallest absolute Gasteiger partial charge is 0.412 e. The van der Waals surface area contributed by atoms with E-state index in [1.807, 2.05) is 0 Å². The van der Waals surface area contributed by atoms with Crippen molar-refractivity contribution in [1.82, 2.24) is 5.32 Å². The predicted molar refractivity (Wildman–Crippen MR) is 142 cm³/mol. The maximum atomic E-state index is 13.5. The molecule has 9 heteroatoms. The summed E-state index contributed by atoms with van der Waals surface area (Å²) in [6.07, 6.45) is 4.90. The highest BCUT2D eigenvalue weighted by atomic mass is 16.6. The normalized spacial score (nSPS) is 11.9. The first-order chi connectivity index (χ1) is 18.0. The first-order valence-corrected chi connectivity index (χ1v) is 12.2. The molecule has 0 spiro atoms. The van der Waals surface area contributed by atoms with Crippen LogP contribution in [0.4, 0.5) is 10.5 Å². The standard InChI is InChI=1S/C29H34N2O7/c1-7-13-23(20-16-18-22(19-17-20)30-27(35)38-28(4,5)6)29(25(33)36-8-2,26(34)37-9-3)31-24(32)21-14-11-10-12-15-21/h1,10-12,14-19,23H,8-9,13H2,2-6H3,(H,30,35)(H,31,32). The van der Waals surface area contributed by atoms with Crippen LogP contribution >= 0.6 is 0 Å². The van der Waals surface area contributed by atoms with E-state index in [0.717, 1.165) is 0 Å². The fraction of sp³-hybridized carbons (Fsp3) is 0.379. The molecule has 2 rings (SSSR count). The van der Waals surface area contributed by atoms with E-state index in [4.69, 9.17) is 20.6 Å². The molecule has 0 aliphatic rings. The van der Waals surface area contributed by atoms with E-state index in [-0.39, 0.29) is 25.2 Å². The van der Waals surface area contributed by atoms with E-state index in [9.17, 15) is 19.2 Å². The summed E-state index contributed by atoms with van der Waals surface area (Å²) in [7, 11) is 0. The Bertz CT molecular complexity index is 1140. The Morgan fingerprint density at radius 3 is 1.92 bits per heavy atom. The molecule has 9 nitrogen and oxygen atoms in total. The van der Waals surface area contributed by atoms with Crippen molar-refractivity contribution < 1.29 is 33.4 Å². The van der Waals surface area contributed by atoms with Gasteiger partial charge in [0.25, 0.3) is 5.91 Å². The molecule has 0 saturated carbocycles. The fourth-order valence-electron chi connectivity index (χ4n) is 3.75. The van der Waals surface area contributed by atoms with Crippen molar-refractivity contribution in [3.63, 3.8) is 0 Å². The molecule has 2 aromatic carbocycles. The first-order valence-electron chi connectivity index (χ1n) is 12.2.